The van der Waals surface area contributed by atoms with Gasteiger partial charge in [-0.1, -0.05) is 12.1 Å². The Morgan fingerprint density at radius 2 is 2.39 bits per heavy atom. The SMILES string of the molecule is CC(CC(N)=O)NCc1cccc(OCC#N)c1. The molecule has 1 unspecified atom stereocenters. The number of primary amides is 1. The summed E-state index contributed by atoms with van der Waals surface area (Å²) in [6, 6.07) is 9.42. The average molecular weight is 247 g/mol. The standard InChI is InChI=1S/C13H17N3O2/c1-10(7-13(15)17)16-9-11-3-2-4-12(8-11)18-6-5-14/h2-4,8,10,16H,6-7,9H2,1H3,(H2,15,17). The van der Waals surface area contributed by atoms with Crippen LogP contribution in [0.1, 0.15) is 18.9 Å². The van der Waals surface area contributed by atoms with Gasteiger partial charge >= 0.3 is 0 Å². The van der Waals surface area contributed by atoms with Crippen LogP contribution in [0.25, 0.3) is 0 Å². The van der Waals surface area contributed by atoms with Gasteiger partial charge in [-0.05, 0) is 24.6 Å². The van der Waals surface area contributed by atoms with Crippen LogP contribution in [0.15, 0.2) is 24.3 Å². The number of nitrogens with zero attached hydrogens (tertiary/aromatic N) is 1. The molecule has 0 aromatic heterocycles. The maximum atomic E-state index is 10.7. The van der Waals surface area contributed by atoms with Gasteiger partial charge in [0.1, 0.15) is 11.8 Å². The summed E-state index contributed by atoms with van der Waals surface area (Å²) in [5, 5.41) is 11.6. The molecule has 0 aliphatic heterocycles. The van der Waals surface area contributed by atoms with Crippen molar-refractivity contribution in [1.82, 2.24) is 5.32 Å². The molecule has 3 N–H and O–H groups in total. The number of carbonyl (C=O) groups is 1. The van der Waals surface area contributed by atoms with E-state index < -0.39 is 0 Å². The monoisotopic (exact) mass is 247 g/mol. The van der Waals surface area contributed by atoms with Crippen molar-refractivity contribution in [2.45, 2.75) is 25.9 Å². The van der Waals surface area contributed by atoms with E-state index in [0.29, 0.717) is 18.7 Å². The zero-order valence-electron chi connectivity index (χ0n) is 10.3. The number of nitriles is 1. The lowest BCUT2D eigenvalue weighted by Crippen LogP contribution is -2.30. The number of nitrogens with one attached hydrogen (secondary N) is 1. The van der Waals surface area contributed by atoms with Crippen LogP contribution in [-0.2, 0) is 11.3 Å². The molecule has 0 radical (unpaired) electrons. The summed E-state index contributed by atoms with van der Waals surface area (Å²) in [6.07, 6.45) is 0.310. The Balaban J connectivity index is 2.47. The van der Waals surface area contributed by atoms with Gasteiger partial charge in [-0.25, -0.2) is 0 Å². The summed E-state index contributed by atoms with van der Waals surface area (Å²) in [5.41, 5.74) is 6.14. The fraction of sp³-hybridized carbons (Fsp3) is 0.385. The first-order chi connectivity index (χ1) is 8.61. The number of ether oxygens (including phenoxy) is 1. The van der Waals surface area contributed by atoms with Gasteiger partial charge in [0.2, 0.25) is 5.91 Å². The molecule has 0 bridgehead atoms. The van der Waals surface area contributed by atoms with Crippen molar-refractivity contribution in [1.29, 1.82) is 5.26 Å². The van der Waals surface area contributed by atoms with Gasteiger partial charge in [0, 0.05) is 19.0 Å². The molecule has 1 amide bonds. The molecule has 18 heavy (non-hydrogen) atoms. The Bertz CT molecular complexity index is 440. The highest BCUT2D eigenvalue weighted by molar-refractivity contribution is 5.74. The van der Waals surface area contributed by atoms with Gasteiger partial charge < -0.3 is 15.8 Å². The Labute approximate surface area is 107 Å². The van der Waals surface area contributed by atoms with Crippen molar-refractivity contribution in [3.8, 4) is 11.8 Å². The quantitative estimate of drug-likeness (QED) is 0.750. The van der Waals surface area contributed by atoms with Crippen molar-refractivity contribution in [2.24, 2.45) is 5.73 Å². The number of nitrogens with two attached hydrogens (primary N) is 1. The van der Waals surface area contributed by atoms with Crippen molar-refractivity contribution in [3.05, 3.63) is 29.8 Å². The number of benzene rings is 1. The molecule has 1 atom stereocenters. The Hall–Kier alpha value is -2.06. The normalized spacial score (nSPS) is 11.6. The van der Waals surface area contributed by atoms with E-state index in [4.69, 9.17) is 15.7 Å². The van der Waals surface area contributed by atoms with Gasteiger partial charge in [-0.3, -0.25) is 4.79 Å². The number of hydrogen-bond acceptors (Lipinski definition) is 4. The summed E-state index contributed by atoms with van der Waals surface area (Å²) in [6.45, 7) is 2.56. The second kappa shape index (κ2) is 7.30. The molecule has 0 saturated heterocycles. The minimum Gasteiger partial charge on any atom is -0.479 e. The first-order valence-electron chi connectivity index (χ1n) is 5.72. The molecule has 0 heterocycles. The summed E-state index contributed by atoms with van der Waals surface area (Å²) in [5.74, 6) is 0.347. The largest absolute Gasteiger partial charge is 0.479 e. The number of carbonyl (C=O) groups excluding carboxylic acids is 1. The predicted octanol–water partition coefficient (Wildman–Crippen LogP) is 0.942. The maximum absolute atomic E-state index is 10.7. The van der Waals surface area contributed by atoms with Crippen LogP contribution in [0.4, 0.5) is 0 Å². The van der Waals surface area contributed by atoms with E-state index in [0.717, 1.165) is 5.56 Å². The lowest BCUT2D eigenvalue weighted by atomic mass is 10.2. The summed E-state index contributed by atoms with van der Waals surface area (Å²) >= 11 is 0. The van der Waals surface area contributed by atoms with Crippen molar-refractivity contribution >= 4 is 5.91 Å². The molecule has 0 fully saturated rings. The minimum absolute atomic E-state index is 0.0335. The van der Waals surface area contributed by atoms with Gasteiger partial charge in [0.05, 0.1) is 0 Å². The number of rotatable bonds is 7. The summed E-state index contributed by atoms with van der Waals surface area (Å²) in [7, 11) is 0. The number of hydrogen-bond donors (Lipinski definition) is 2. The van der Waals surface area contributed by atoms with Crippen LogP contribution in [0.3, 0.4) is 0 Å². The van der Waals surface area contributed by atoms with E-state index in [1.807, 2.05) is 31.2 Å². The summed E-state index contributed by atoms with van der Waals surface area (Å²) < 4.78 is 5.20. The van der Waals surface area contributed by atoms with Gasteiger partial charge in [0.25, 0.3) is 0 Å². The highest BCUT2D eigenvalue weighted by Gasteiger charge is 2.05. The second-order valence-corrected chi connectivity index (χ2v) is 4.05. The third-order valence-corrected chi connectivity index (χ3v) is 2.36. The van der Waals surface area contributed by atoms with Crippen molar-refractivity contribution < 1.29 is 9.53 Å². The molecule has 1 rings (SSSR count). The molecule has 96 valence electrons. The molecule has 0 saturated carbocycles. The van der Waals surface area contributed by atoms with Gasteiger partial charge in [-0.15, -0.1) is 0 Å². The Morgan fingerprint density at radius 3 is 3.06 bits per heavy atom. The molecule has 5 heteroatoms. The van der Waals surface area contributed by atoms with Crippen LogP contribution in [0.2, 0.25) is 0 Å². The molecular weight excluding hydrogens is 230 g/mol. The second-order valence-electron chi connectivity index (χ2n) is 4.05. The van der Waals surface area contributed by atoms with Crippen molar-refractivity contribution in [3.63, 3.8) is 0 Å². The van der Waals surface area contributed by atoms with Crippen LogP contribution >= 0.6 is 0 Å². The highest BCUT2D eigenvalue weighted by Crippen LogP contribution is 2.13. The number of amides is 1. The first kappa shape index (κ1) is 14.0. The smallest absolute Gasteiger partial charge is 0.218 e. The zero-order chi connectivity index (χ0) is 13.4. The molecule has 0 aliphatic rings. The Kier molecular flexibility index (Phi) is 5.68. The van der Waals surface area contributed by atoms with E-state index in [1.165, 1.54) is 0 Å². The molecule has 5 nitrogen and oxygen atoms in total. The van der Waals surface area contributed by atoms with E-state index in [2.05, 4.69) is 5.32 Å². The van der Waals surface area contributed by atoms with E-state index in [1.54, 1.807) is 6.07 Å². The predicted molar refractivity (Wildman–Crippen MR) is 67.7 cm³/mol. The molecule has 1 aromatic rings. The minimum atomic E-state index is -0.318. The fourth-order valence-electron chi connectivity index (χ4n) is 1.53. The van der Waals surface area contributed by atoms with Crippen molar-refractivity contribution in [2.75, 3.05) is 6.61 Å². The van der Waals surface area contributed by atoms with Gasteiger partial charge in [0.15, 0.2) is 6.61 Å². The third-order valence-electron chi connectivity index (χ3n) is 2.36. The lowest BCUT2D eigenvalue weighted by Gasteiger charge is -2.12. The van der Waals surface area contributed by atoms with E-state index >= 15 is 0 Å². The summed E-state index contributed by atoms with van der Waals surface area (Å²) in [4.78, 5) is 10.7. The topological polar surface area (TPSA) is 88.1 Å². The van der Waals surface area contributed by atoms with Crippen LogP contribution in [0.5, 0.6) is 5.75 Å². The lowest BCUT2D eigenvalue weighted by molar-refractivity contribution is -0.118. The van der Waals surface area contributed by atoms with Gasteiger partial charge in [-0.2, -0.15) is 5.26 Å². The molecular formula is C13H17N3O2. The van der Waals surface area contributed by atoms with Crippen LogP contribution in [-0.4, -0.2) is 18.6 Å². The van der Waals surface area contributed by atoms with Crippen LogP contribution < -0.4 is 15.8 Å². The molecule has 0 aliphatic carbocycles. The molecule has 0 spiro atoms. The Morgan fingerprint density at radius 1 is 1.61 bits per heavy atom. The zero-order valence-corrected chi connectivity index (χ0v) is 10.3. The fourth-order valence-corrected chi connectivity index (χ4v) is 1.53. The van der Waals surface area contributed by atoms with E-state index in [9.17, 15) is 4.79 Å². The first-order valence-corrected chi connectivity index (χ1v) is 5.72. The molecule has 1 aromatic carbocycles. The average Bonchev–Trinajstić information content (AvgIpc) is 2.33. The van der Waals surface area contributed by atoms with E-state index in [-0.39, 0.29) is 18.6 Å². The third kappa shape index (κ3) is 5.32. The highest BCUT2D eigenvalue weighted by atomic mass is 16.5. The van der Waals surface area contributed by atoms with Crippen LogP contribution in [0, 0.1) is 11.3 Å². The maximum Gasteiger partial charge on any atom is 0.218 e.